The van der Waals surface area contributed by atoms with Gasteiger partial charge in [-0.25, -0.2) is 0 Å². The van der Waals surface area contributed by atoms with Crippen LogP contribution in [0.25, 0.3) is 75.1 Å². The maximum atomic E-state index is 6.54. The molecular weight excluding hydrogens is 651 g/mol. The molecule has 3 heteroatoms. The summed E-state index contributed by atoms with van der Waals surface area (Å²) in [6.45, 7) is 4.71. The highest BCUT2D eigenvalue weighted by Crippen LogP contribution is 2.52. The minimum absolute atomic E-state index is 0.0987. The molecule has 0 saturated heterocycles. The zero-order valence-corrected chi connectivity index (χ0v) is 29.7. The van der Waals surface area contributed by atoms with Crippen LogP contribution in [0.5, 0.6) is 0 Å². The Bertz CT molecular complexity index is 3050. The van der Waals surface area contributed by atoms with Crippen LogP contribution in [-0.2, 0) is 5.41 Å². The van der Waals surface area contributed by atoms with E-state index in [4.69, 9.17) is 4.42 Å². The molecule has 2 nitrogen and oxygen atoms in total. The highest BCUT2D eigenvalue weighted by molar-refractivity contribution is 7.26. The first-order chi connectivity index (χ1) is 25.5. The summed E-state index contributed by atoms with van der Waals surface area (Å²) in [5.41, 5.74) is 13.0. The van der Waals surface area contributed by atoms with Gasteiger partial charge in [0.25, 0.3) is 0 Å². The van der Waals surface area contributed by atoms with Crippen molar-refractivity contribution in [2.24, 2.45) is 0 Å². The van der Waals surface area contributed by atoms with Gasteiger partial charge in [-0.2, -0.15) is 0 Å². The third kappa shape index (κ3) is 4.17. The Balaban J connectivity index is 1.10. The van der Waals surface area contributed by atoms with Gasteiger partial charge in [-0.15, -0.1) is 11.3 Å². The van der Waals surface area contributed by atoms with Crippen LogP contribution in [0.4, 0.5) is 17.1 Å². The van der Waals surface area contributed by atoms with Crippen molar-refractivity contribution in [3.63, 3.8) is 0 Å². The summed E-state index contributed by atoms with van der Waals surface area (Å²) in [6.07, 6.45) is 0. The second-order valence-corrected chi connectivity index (χ2v) is 15.5. The fraction of sp³-hybridized carbons (Fsp3) is 0.0612. The summed E-state index contributed by atoms with van der Waals surface area (Å²) in [6, 6.07) is 59.9. The first-order valence-corrected chi connectivity index (χ1v) is 18.7. The van der Waals surface area contributed by atoms with E-state index in [2.05, 4.69) is 183 Å². The largest absolute Gasteiger partial charge is 0.455 e. The summed E-state index contributed by atoms with van der Waals surface area (Å²) < 4.78 is 9.14. The smallest absolute Gasteiger partial charge is 0.143 e. The van der Waals surface area contributed by atoms with Crippen molar-refractivity contribution in [1.82, 2.24) is 0 Å². The van der Waals surface area contributed by atoms with Crippen molar-refractivity contribution in [2.75, 3.05) is 4.90 Å². The summed E-state index contributed by atoms with van der Waals surface area (Å²) >= 11 is 1.87. The average molecular weight is 684 g/mol. The zero-order chi connectivity index (χ0) is 34.6. The molecule has 10 aromatic rings. The normalized spacial score (nSPS) is 13.3. The predicted octanol–water partition coefficient (Wildman–Crippen LogP) is 14.6. The van der Waals surface area contributed by atoms with Gasteiger partial charge in [0, 0.05) is 48.4 Å². The standard InChI is InChI=1S/C49H33NOS/c1-49(2)41-17-7-5-13-36(41)37-28-26-33(29-42(37)49)50(43-18-9-16-39-38-14-6-8-20-45(38)52-48(39)43)32-24-21-31(22-25-32)34-15-10-19-44-46(34)40-27-23-30-11-3-4-12-35(30)47(40)51-44/h3-29H,1-2H3. The number of rotatable bonds is 4. The van der Waals surface area contributed by atoms with Crippen LogP contribution in [0.1, 0.15) is 25.0 Å². The number of nitrogens with zero attached hydrogens (tertiary/aromatic N) is 1. The number of anilines is 3. The first-order valence-electron chi connectivity index (χ1n) is 17.9. The van der Waals surface area contributed by atoms with Crippen LogP contribution >= 0.6 is 11.3 Å². The molecule has 0 spiro atoms. The van der Waals surface area contributed by atoms with Crippen molar-refractivity contribution in [1.29, 1.82) is 0 Å². The van der Waals surface area contributed by atoms with Gasteiger partial charge < -0.3 is 9.32 Å². The van der Waals surface area contributed by atoms with Gasteiger partial charge in [-0.1, -0.05) is 129 Å². The number of benzene rings is 8. The summed E-state index contributed by atoms with van der Waals surface area (Å²) in [5, 5.41) is 7.23. The Hall–Kier alpha value is -6.16. The topological polar surface area (TPSA) is 16.4 Å². The number of hydrogen-bond donors (Lipinski definition) is 0. The van der Waals surface area contributed by atoms with Gasteiger partial charge >= 0.3 is 0 Å². The Morgan fingerprint density at radius 1 is 0.519 bits per heavy atom. The fourth-order valence-electron chi connectivity index (χ4n) is 8.75. The number of thiophene rings is 1. The minimum Gasteiger partial charge on any atom is -0.455 e. The lowest BCUT2D eigenvalue weighted by Gasteiger charge is -2.28. The van der Waals surface area contributed by atoms with Crippen LogP contribution in [0.15, 0.2) is 168 Å². The molecule has 8 aromatic carbocycles. The monoisotopic (exact) mass is 683 g/mol. The van der Waals surface area contributed by atoms with E-state index in [-0.39, 0.29) is 5.41 Å². The van der Waals surface area contributed by atoms with Crippen molar-refractivity contribution >= 4 is 81.3 Å². The lowest BCUT2D eigenvalue weighted by Crippen LogP contribution is -2.16. The van der Waals surface area contributed by atoms with Crippen molar-refractivity contribution in [2.45, 2.75) is 19.3 Å². The molecule has 2 heterocycles. The van der Waals surface area contributed by atoms with Gasteiger partial charge in [0.15, 0.2) is 0 Å². The molecule has 0 bridgehead atoms. The van der Waals surface area contributed by atoms with Crippen molar-refractivity contribution < 1.29 is 4.42 Å². The van der Waals surface area contributed by atoms with Crippen LogP contribution in [-0.4, -0.2) is 0 Å². The predicted molar refractivity (Wildman–Crippen MR) is 222 cm³/mol. The van der Waals surface area contributed by atoms with E-state index in [1.54, 1.807) is 0 Å². The quantitative estimate of drug-likeness (QED) is 0.184. The molecule has 0 unspecified atom stereocenters. The highest BCUT2D eigenvalue weighted by atomic mass is 32.1. The maximum Gasteiger partial charge on any atom is 0.143 e. The molecule has 11 rings (SSSR count). The second-order valence-electron chi connectivity index (χ2n) is 14.5. The Kier molecular flexibility index (Phi) is 6.21. The summed E-state index contributed by atoms with van der Waals surface area (Å²) in [7, 11) is 0. The maximum absolute atomic E-state index is 6.54. The molecule has 0 N–H and O–H groups in total. The van der Waals surface area contributed by atoms with E-state index in [0.29, 0.717) is 0 Å². The van der Waals surface area contributed by atoms with E-state index in [1.807, 2.05) is 11.3 Å². The Labute approximate surface area is 305 Å². The molecule has 1 aliphatic rings. The summed E-state index contributed by atoms with van der Waals surface area (Å²) in [4.78, 5) is 2.46. The molecule has 0 fully saturated rings. The van der Waals surface area contributed by atoms with Crippen molar-refractivity contribution in [3.8, 4) is 22.3 Å². The van der Waals surface area contributed by atoms with E-state index in [9.17, 15) is 0 Å². The molecule has 0 saturated carbocycles. The van der Waals surface area contributed by atoms with E-state index in [1.165, 1.54) is 59.1 Å². The number of fused-ring (bicyclic) bond motifs is 11. The fourth-order valence-corrected chi connectivity index (χ4v) is 9.96. The molecule has 0 aliphatic heterocycles. The SMILES string of the molecule is CC1(C)c2ccccc2-c2ccc(N(c3ccc(-c4cccc5oc6c7ccccc7ccc6c45)cc3)c3cccc4c3sc3ccccc34)cc21. The molecule has 0 atom stereocenters. The van der Waals surface area contributed by atoms with E-state index < -0.39 is 0 Å². The van der Waals surface area contributed by atoms with E-state index in [0.717, 1.165) is 44.3 Å². The van der Waals surface area contributed by atoms with Gasteiger partial charge in [0.2, 0.25) is 0 Å². The van der Waals surface area contributed by atoms with Crippen LogP contribution in [0.2, 0.25) is 0 Å². The average Bonchev–Trinajstić information content (AvgIpc) is 3.84. The molecule has 246 valence electrons. The van der Waals surface area contributed by atoms with Gasteiger partial charge in [0.05, 0.1) is 10.4 Å². The summed E-state index contributed by atoms with van der Waals surface area (Å²) in [5.74, 6) is 0. The Morgan fingerprint density at radius 3 is 2.13 bits per heavy atom. The van der Waals surface area contributed by atoms with Crippen molar-refractivity contribution in [3.05, 3.63) is 175 Å². The van der Waals surface area contributed by atoms with Gasteiger partial charge in [0.1, 0.15) is 11.2 Å². The molecule has 0 radical (unpaired) electrons. The first kappa shape index (κ1) is 29.6. The van der Waals surface area contributed by atoms with Gasteiger partial charge in [-0.3, -0.25) is 0 Å². The second kappa shape index (κ2) is 10.9. The van der Waals surface area contributed by atoms with Crippen LogP contribution < -0.4 is 4.90 Å². The van der Waals surface area contributed by atoms with Gasteiger partial charge in [-0.05, 0) is 87.3 Å². The Morgan fingerprint density at radius 2 is 1.23 bits per heavy atom. The molecule has 2 aromatic heterocycles. The number of hydrogen-bond acceptors (Lipinski definition) is 3. The number of furan rings is 1. The minimum atomic E-state index is -0.0987. The highest BCUT2D eigenvalue weighted by Gasteiger charge is 2.36. The lowest BCUT2D eigenvalue weighted by molar-refractivity contribution is 0.660. The third-order valence-electron chi connectivity index (χ3n) is 11.3. The van der Waals surface area contributed by atoms with Crippen LogP contribution in [0.3, 0.4) is 0 Å². The lowest BCUT2D eigenvalue weighted by atomic mass is 9.82. The van der Waals surface area contributed by atoms with Crippen LogP contribution in [0, 0.1) is 0 Å². The molecular formula is C49H33NOS. The molecule has 52 heavy (non-hydrogen) atoms. The van der Waals surface area contributed by atoms with E-state index >= 15 is 0 Å². The zero-order valence-electron chi connectivity index (χ0n) is 28.9. The molecule has 0 amide bonds. The third-order valence-corrected chi connectivity index (χ3v) is 12.5. The molecule has 1 aliphatic carbocycles.